The molecule has 0 aliphatic carbocycles. The van der Waals surface area contributed by atoms with Crippen molar-refractivity contribution in [2.75, 3.05) is 23.7 Å². The van der Waals surface area contributed by atoms with Gasteiger partial charge in [0, 0.05) is 18.0 Å². The van der Waals surface area contributed by atoms with Crippen LogP contribution in [-0.2, 0) is 19.5 Å². The maximum absolute atomic E-state index is 11.6. The molecule has 0 fully saturated rings. The second-order valence-corrected chi connectivity index (χ2v) is 7.77. The van der Waals surface area contributed by atoms with Crippen LogP contribution in [0.4, 0.5) is 23.1 Å². The van der Waals surface area contributed by atoms with Crippen molar-refractivity contribution in [1.29, 1.82) is 0 Å². The number of nitrogen functional groups attached to an aromatic ring is 1. The Kier molecular flexibility index (Phi) is 8.09. The Morgan fingerprint density at radius 2 is 1.97 bits per heavy atom. The van der Waals surface area contributed by atoms with Crippen LogP contribution < -0.4 is 10.6 Å². The number of hydrogen-bond donors (Lipinski definition) is 3. The van der Waals surface area contributed by atoms with Crippen molar-refractivity contribution in [3.63, 3.8) is 0 Å². The molecule has 15 heteroatoms. The van der Waals surface area contributed by atoms with E-state index in [4.69, 9.17) is 22.6 Å². The number of anilines is 2. The van der Waals surface area contributed by atoms with E-state index in [1.54, 1.807) is 0 Å². The van der Waals surface area contributed by atoms with E-state index in [1.165, 1.54) is 12.1 Å². The Morgan fingerprint density at radius 1 is 1.28 bits per heavy atom. The summed E-state index contributed by atoms with van der Waals surface area (Å²) in [5.41, 5.74) is 5.58. The van der Waals surface area contributed by atoms with Crippen LogP contribution in [0.15, 0.2) is 38.2 Å². The second-order valence-electron chi connectivity index (χ2n) is 5.25. The zero-order valence-electron chi connectivity index (χ0n) is 15.2. The first-order valence-electron chi connectivity index (χ1n) is 7.97. The third-order valence-electron chi connectivity index (χ3n) is 3.53. The fraction of sp³-hybridized carbons (Fsp3) is 0.286. The summed E-state index contributed by atoms with van der Waals surface area (Å²) in [5.74, 6) is 0.251. The molecule has 0 aliphatic rings. The van der Waals surface area contributed by atoms with E-state index in [9.17, 15) is 13.0 Å². The van der Waals surface area contributed by atoms with Crippen molar-refractivity contribution in [1.82, 2.24) is 9.97 Å². The third-order valence-corrected chi connectivity index (χ3v) is 5.27. The zero-order chi connectivity index (χ0) is 21.6. The Balaban J connectivity index is 2.47. The Bertz CT molecular complexity index is 979. The van der Waals surface area contributed by atoms with Gasteiger partial charge >= 0.3 is 0 Å². The van der Waals surface area contributed by atoms with Crippen molar-refractivity contribution in [2.45, 2.75) is 23.6 Å². The quantitative estimate of drug-likeness (QED) is 0.123. The van der Waals surface area contributed by atoms with E-state index in [0.717, 1.165) is 6.07 Å². The minimum atomic E-state index is -4.61. The molecule has 0 aliphatic heterocycles. The third kappa shape index (κ3) is 5.96. The summed E-state index contributed by atoms with van der Waals surface area (Å²) >= 11 is 6.70. The molecular formula is C14H17ClN6O6S2. The van der Waals surface area contributed by atoms with Gasteiger partial charge in [0.1, 0.15) is 10.6 Å². The molecule has 12 nitrogen and oxygen atoms in total. The van der Waals surface area contributed by atoms with E-state index in [2.05, 4.69) is 29.6 Å². The number of benzene rings is 1. The van der Waals surface area contributed by atoms with Gasteiger partial charge in [-0.05, 0) is 32.0 Å². The van der Waals surface area contributed by atoms with Crippen LogP contribution in [0.25, 0.3) is 0 Å². The average Bonchev–Trinajstić information content (AvgIpc) is 2.66. The van der Waals surface area contributed by atoms with Gasteiger partial charge in [-0.1, -0.05) is 16.6 Å². The fourth-order valence-electron chi connectivity index (χ4n) is 2.18. The lowest BCUT2D eigenvalue weighted by Crippen LogP contribution is -2.24. The fourth-order valence-corrected chi connectivity index (χ4v) is 3.38. The van der Waals surface area contributed by atoms with Crippen LogP contribution in [0, 0.1) is 0 Å². The zero-order valence-corrected chi connectivity index (χ0v) is 17.6. The second kappa shape index (κ2) is 10.1. The minimum absolute atomic E-state index is 0.0633. The van der Waals surface area contributed by atoms with Crippen LogP contribution >= 0.6 is 23.6 Å². The number of azo groups is 1. The van der Waals surface area contributed by atoms with Crippen molar-refractivity contribution in [3.05, 3.63) is 23.4 Å². The summed E-state index contributed by atoms with van der Waals surface area (Å²) < 4.78 is 36.8. The largest absolute Gasteiger partial charge is 0.382 e. The summed E-state index contributed by atoms with van der Waals surface area (Å²) in [4.78, 5) is 9.85. The number of nitrogens with zero attached hydrogens (tertiary/aromatic N) is 5. The van der Waals surface area contributed by atoms with Crippen LogP contribution in [0.3, 0.4) is 0 Å². The summed E-state index contributed by atoms with van der Waals surface area (Å²) in [6.45, 7) is 5.10. The smallest absolute Gasteiger partial charge is 0.296 e. The van der Waals surface area contributed by atoms with Gasteiger partial charge in [-0.15, -0.1) is 14.6 Å². The van der Waals surface area contributed by atoms with Gasteiger partial charge in [0.25, 0.3) is 10.1 Å². The maximum Gasteiger partial charge on any atom is 0.296 e. The van der Waals surface area contributed by atoms with E-state index >= 15 is 0 Å². The number of rotatable bonds is 9. The van der Waals surface area contributed by atoms with Crippen molar-refractivity contribution < 1.29 is 27.6 Å². The summed E-state index contributed by atoms with van der Waals surface area (Å²) in [6.07, 6.45) is 0. The van der Waals surface area contributed by atoms with Crippen molar-refractivity contribution >= 4 is 56.9 Å². The highest BCUT2D eigenvalue weighted by Gasteiger charge is 2.18. The average molecular weight is 465 g/mol. The summed E-state index contributed by atoms with van der Waals surface area (Å²) in [6, 6.07) is 3.57. The SMILES string of the molecule is CCN(CC)c1nc(N)c(/N=N/c2cc(SOOO)ccc2S(=O)(=O)O)c(Cl)n1. The molecule has 0 saturated heterocycles. The highest BCUT2D eigenvalue weighted by molar-refractivity contribution is 7.94. The summed E-state index contributed by atoms with van der Waals surface area (Å²) in [7, 11) is -4.61. The minimum Gasteiger partial charge on any atom is -0.382 e. The molecule has 0 radical (unpaired) electrons. The normalized spacial score (nSPS) is 11.9. The molecule has 0 atom stereocenters. The first kappa shape index (κ1) is 23.2. The molecule has 29 heavy (non-hydrogen) atoms. The van der Waals surface area contributed by atoms with Crippen LogP contribution in [-0.4, -0.2) is 41.3 Å². The van der Waals surface area contributed by atoms with Gasteiger partial charge in [-0.3, -0.25) is 4.55 Å². The highest BCUT2D eigenvalue weighted by Crippen LogP contribution is 2.35. The number of hydrogen-bond acceptors (Lipinski definition) is 12. The van der Waals surface area contributed by atoms with Crippen molar-refractivity contribution in [3.8, 4) is 0 Å². The molecule has 158 valence electrons. The lowest BCUT2D eigenvalue weighted by atomic mass is 10.3. The monoisotopic (exact) mass is 464 g/mol. The van der Waals surface area contributed by atoms with E-state index in [1.807, 2.05) is 18.7 Å². The molecule has 0 amide bonds. The number of halogens is 1. The van der Waals surface area contributed by atoms with Crippen LogP contribution in [0.5, 0.6) is 0 Å². The molecule has 0 saturated carbocycles. The standard InChI is InChI=1S/C14H17ClN6O6S2/c1-3-21(4-2)14-17-12(15)11(13(16)18-14)20-19-9-7-8(28-27-26-22)5-6-10(9)29(23,24)25/h5-7,22H,3-4H2,1-2H3,(H2,16,17,18)(H,23,24,25)/b20-19+. The number of aromatic nitrogens is 2. The first-order valence-corrected chi connectivity index (χ1v) is 10.5. The summed E-state index contributed by atoms with van der Waals surface area (Å²) in [5, 5.41) is 19.3. The van der Waals surface area contributed by atoms with E-state index in [0.29, 0.717) is 31.1 Å². The molecule has 0 unspecified atom stereocenters. The molecule has 1 aromatic heterocycles. The molecule has 0 spiro atoms. The van der Waals surface area contributed by atoms with E-state index in [-0.39, 0.29) is 27.2 Å². The highest BCUT2D eigenvalue weighted by atomic mass is 35.5. The maximum atomic E-state index is 11.6. The van der Waals surface area contributed by atoms with Crippen LogP contribution in [0.1, 0.15) is 13.8 Å². The Morgan fingerprint density at radius 3 is 2.52 bits per heavy atom. The lowest BCUT2D eigenvalue weighted by molar-refractivity contribution is -0.432. The van der Waals surface area contributed by atoms with Gasteiger partial charge in [0.2, 0.25) is 5.95 Å². The van der Waals surface area contributed by atoms with Gasteiger partial charge in [0.15, 0.2) is 16.7 Å². The number of nitrogens with two attached hydrogens (primary N) is 1. The van der Waals surface area contributed by atoms with Gasteiger partial charge < -0.3 is 10.6 Å². The van der Waals surface area contributed by atoms with Gasteiger partial charge in [-0.2, -0.15) is 18.4 Å². The molecule has 4 N–H and O–H groups in total. The van der Waals surface area contributed by atoms with Crippen molar-refractivity contribution in [2.24, 2.45) is 10.2 Å². The molecule has 2 aromatic rings. The molecule has 0 bridgehead atoms. The molecule has 2 rings (SSSR count). The van der Waals surface area contributed by atoms with Gasteiger partial charge in [0.05, 0.1) is 12.0 Å². The predicted molar refractivity (Wildman–Crippen MR) is 106 cm³/mol. The molecule has 1 aromatic carbocycles. The molecule has 1 heterocycles. The topological polar surface area (TPSA) is 173 Å². The Labute approximate surface area is 175 Å². The van der Waals surface area contributed by atoms with E-state index < -0.39 is 15.0 Å². The predicted octanol–water partition coefficient (Wildman–Crippen LogP) is 3.65. The Hall–Kier alpha value is -2.07. The first-order chi connectivity index (χ1) is 13.7. The lowest BCUT2D eigenvalue weighted by Gasteiger charge is -2.19. The molecular weight excluding hydrogens is 448 g/mol. The van der Waals surface area contributed by atoms with Gasteiger partial charge in [-0.25, -0.2) is 5.26 Å². The van der Waals surface area contributed by atoms with Crippen LogP contribution in [0.2, 0.25) is 5.15 Å².